The Morgan fingerprint density at radius 1 is 0.571 bits per heavy atom. The molecular weight excluding hydrogens is 168 g/mol. The van der Waals surface area contributed by atoms with Gasteiger partial charge in [0, 0.05) is 0 Å². The molecule has 0 fully saturated rings. The molecule has 88 valence electrons. The van der Waals surface area contributed by atoms with Gasteiger partial charge >= 0.3 is 0 Å². The largest absolute Gasteiger partial charge is 0.0649 e. The first-order valence-corrected chi connectivity index (χ1v) is 5.81. The van der Waals surface area contributed by atoms with E-state index in [-0.39, 0.29) is 0 Å². The number of hydrogen-bond acceptors (Lipinski definition) is 0. The van der Waals surface area contributed by atoms with Gasteiger partial charge in [0.15, 0.2) is 0 Å². The van der Waals surface area contributed by atoms with Crippen LogP contribution in [-0.4, -0.2) is 0 Å². The highest BCUT2D eigenvalue weighted by Crippen LogP contribution is 2.36. The molecule has 0 saturated carbocycles. The molecule has 0 aromatic carbocycles. The zero-order chi connectivity index (χ0) is 12.2. The zero-order valence-corrected chi connectivity index (χ0v) is 12.2. The van der Waals surface area contributed by atoms with Crippen molar-refractivity contribution in [1.82, 2.24) is 0 Å². The zero-order valence-electron chi connectivity index (χ0n) is 12.2. The molecule has 14 heavy (non-hydrogen) atoms. The van der Waals surface area contributed by atoms with Crippen LogP contribution < -0.4 is 0 Å². The van der Waals surface area contributed by atoms with Crippen LogP contribution in [0.25, 0.3) is 0 Å². The molecule has 0 N–H and O–H groups in total. The molecule has 0 nitrogen and oxygen atoms in total. The van der Waals surface area contributed by atoms with Crippen LogP contribution in [0, 0.1) is 16.2 Å². The fourth-order valence-electron chi connectivity index (χ4n) is 0. The van der Waals surface area contributed by atoms with Gasteiger partial charge in [-0.05, 0) is 16.2 Å². The van der Waals surface area contributed by atoms with E-state index in [1.165, 1.54) is 6.42 Å². The van der Waals surface area contributed by atoms with Crippen LogP contribution in [0.4, 0.5) is 0 Å². The highest BCUT2D eigenvalue weighted by atomic mass is 14.3. The molecule has 0 atom stereocenters. The van der Waals surface area contributed by atoms with Gasteiger partial charge in [0.1, 0.15) is 0 Å². The molecule has 0 heteroatoms. The second-order valence-electron chi connectivity index (χ2n) is 7.41. The predicted molar refractivity (Wildman–Crippen MR) is 68.7 cm³/mol. The molecule has 0 aliphatic rings. The van der Waals surface area contributed by atoms with Crippen molar-refractivity contribution in [2.75, 3.05) is 0 Å². The number of hydrogen-bond donors (Lipinski definition) is 0. The second kappa shape index (κ2) is 5.19. The van der Waals surface area contributed by atoms with Gasteiger partial charge in [0.05, 0.1) is 0 Å². The molecule has 0 radical (unpaired) electrons. The fourth-order valence-corrected chi connectivity index (χ4v) is 0. The second-order valence-corrected chi connectivity index (χ2v) is 7.41. The van der Waals surface area contributed by atoms with Gasteiger partial charge < -0.3 is 0 Å². The lowest BCUT2D eigenvalue weighted by atomic mass is 9.71. The Morgan fingerprint density at radius 3 is 0.714 bits per heavy atom. The SMILES string of the molecule is CC(C)(C)C(C)(C)C.CCC(C)(C)C. The Hall–Kier alpha value is 0. The van der Waals surface area contributed by atoms with E-state index in [0.29, 0.717) is 16.2 Å². The third kappa shape index (κ3) is 10.1. The van der Waals surface area contributed by atoms with Crippen LogP contribution in [0.15, 0.2) is 0 Å². The Balaban J connectivity index is 0. The Labute approximate surface area is 92.5 Å². The maximum atomic E-state index is 2.27. The maximum absolute atomic E-state index is 2.27. The van der Waals surface area contributed by atoms with Crippen LogP contribution in [0.2, 0.25) is 0 Å². The van der Waals surface area contributed by atoms with E-state index in [0.717, 1.165) is 0 Å². The molecule has 0 aliphatic carbocycles. The van der Waals surface area contributed by atoms with Crippen LogP contribution in [-0.2, 0) is 0 Å². The van der Waals surface area contributed by atoms with E-state index in [1.54, 1.807) is 0 Å². The van der Waals surface area contributed by atoms with E-state index in [1.807, 2.05) is 0 Å². The molecule has 0 bridgehead atoms. The summed E-state index contributed by atoms with van der Waals surface area (Å²) in [6.07, 6.45) is 1.27. The summed E-state index contributed by atoms with van der Waals surface area (Å²) in [6.45, 7) is 22.6. The van der Waals surface area contributed by atoms with E-state index in [2.05, 4.69) is 69.2 Å². The van der Waals surface area contributed by atoms with Crippen LogP contribution in [0.5, 0.6) is 0 Å². The van der Waals surface area contributed by atoms with E-state index in [4.69, 9.17) is 0 Å². The summed E-state index contributed by atoms with van der Waals surface area (Å²) in [5, 5.41) is 0. The van der Waals surface area contributed by atoms with Gasteiger partial charge in [-0.1, -0.05) is 75.7 Å². The van der Waals surface area contributed by atoms with Crippen molar-refractivity contribution >= 4 is 0 Å². The van der Waals surface area contributed by atoms with Crippen molar-refractivity contribution in [2.45, 2.75) is 75.7 Å². The molecule has 0 spiro atoms. The van der Waals surface area contributed by atoms with E-state index < -0.39 is 0 Å². The molecule has 0 rings (SSSR count). The van der Waals surface area contributed by atoms with Gasteiger partial charge in [-0.15, -0.1) is 0 Å². The lowest BCUT2D eigenvalue weighted by molar-refractivity contribution is 0.157. The lowest BCUT2D eigenvalue weighted by Crippen LogP contribution is -2.25. The Bertz CT molecular complexity index is 121. The Morgan fingerprint density at radius 2 is 0.714 bits per heavy atom. The van der Waals surface area contributed by atoms with Crippen molar-refractivity contribution in [2.24, 2.45) is 16.2 Å². The van der Waals surface area contributed by atoms with Crippen molar-refractivity contribution < 1.29 is 0 Å². The highest BCUT2D eigenvalue weighted by molar-refractivity contribution is 4.77. The maximum Gasteiger partial charge on any atom is -0.0334 e. The summed E-state index contributed by atoms with van der Waals surface area (Å²) in [6, 6.07) is 0. The molecule has 0 aromatic rings. The monoisotopic (exact) mass is 200 g/mol. The van der Waals surface area contributed by atoms with E-state index >= 15 is 0 Å². The van der Waals surface area contributed by atoms with E-state index in [9.17, 15) is 0 Å². The molecule has 0 heterocycles. The average Bonchev–Trinajstić information content (AvgIpc) is 1.82. The van der Waals surface area contributed by atoms with Crippen molar-refractivity contribution in [3.63, 3.8) is 0 Å². The van der Waals surface area contributed by atoms with Gasteiger partial charge in [-0.2, -0.15) is 0 Å². The molecule has 0 saturated heterocycles. The first-order chi connectivity index (χ1) is 5.81. The number of rotatable bonds is 0. The van der Waals surface area contributed by atoms with Gasteiger partial charge in [0.2, 0.25) is 0 Å². The smallest absolute Gasteiger partial charge is 0.0334 e. The third-order valence-corrected chi connectivity index (χ3v) is 3.31. The summed E-state index contributed by atoms with van der Waals surface area (Å²) in [7, 11) is 0. The van der Waals surface area contributed by atoms with Crippen LogP contribution >= 0.6 is 0 Å². The summed E-state index contributed by atoms with van der Waals surface area (Å²) >= 11 is 0. The summed E-state index contributed by atoms with van der Waals surface area (Å²) in [4.78, 5) is 0. The topological polar surface area (TPSA) is 0 Å². The first-order valence-electron chi connectivity index (χ1n) is 5.81. The van der Waals surface area contributed by atoms with Crippen LogP contribution in [0.3, 0.4) is 0 Å². The summed E-state index contributed by atoms with van der Waals surface area (Å²) in [5.41, 5.74) is 1.42. The standard InChI is InChI=1S/C8H18.C6H14/c1-7(2,3)8(4,5)6;1-5-6(2,3)4/h1-6H3;5H2,1-4H3. The third-order valence-electron chi connectivity index (χ3n) is 3.31. The quantitative estimate of drug-likeness (QED) is 0.483. The normalized spacial score (nSPS) is 13.3. The minimum absolute atomic E-state index is 0.437. The first kappa shape index (κ1) is 16.4. The van der Waals surface area contributed by atoms with Gasteiger partial charge in [-0.25, -0.2) is 0 Å². The van der Waals surface area contributed by atoms with Crippen molar-refractivity contribution in [3.8, 4) is 0 Å². The molecule has 0 amide bonds. The molecule has 0 aromatic heterocycles. The van der Waals surface area contributed by atoms with Crippen molar-refractivity contribution in [3.05, 3.63) is 0 Å². The summed E-state index contributed by atoms with van der Waals surface area (Å²) < 4.78 is 0. The average molecular weight is 200 g/mol. The molecule has 0 aliphatic heterocycles. The molecular formula is C14H32. The Kier molecular flexibility index (Phi) is 6.09. The van der Waals surface area contributed by atoms with Crippen molar-refractivity contribution in [1.29, 1.82) is 0 Å². The van der Waals surface area contributed by atoms with Gasteiger partial charge in [0.25, 0.3) is 0 Å². The minimum Gasteiger partial charge on any atom is -0.0649 e. The summed E-state index contributed by atoms with van der Waals surface area (Å²) in [5.74, 6) is 0. The predicted octanol–water partition coefficient (Wildman–Crippen LogP) is 5.52. The van der Waals surface area contributed by atoms with Gasteiger partial charge in [-0.3, -0.25) is 0 Å². The fraction of sp³-hybridized carbons (Fsp3) is 1.00. The van der Waals surface area contributed by atoms with Crippen LogP contribution in [0.1, 0.15) is 75.7 Å². The lowest BCUT2D eigenvalue weighted by Gasteiger charge is -2.34. The molecule has 0 unspecified atom stereocenters. The minimum atomic E-state index is 0.437. The highest BCUT2D eigenvalue weighted by Gasteiger charge is 2.26.